The average Bonchev–Trinajstić information content (AvgIpc) is 2.63. The van der Waals surface area contributed by atoms with E-state index in [1.807, 2.05) is 0 Å². The number of carboxylic acid groups (broad SMARTS) is 1. The Labute approximate surface area is 211 Å². The summed E-state index contributed by atoms with van der Waals surface area (Å²) in [5.74, 6) is -5.42. The van der Waals surface area contributed by atoms with E-state index in [0.29, 0.717) is 5.56 Å². The molecular weight excluding hydrogens is 514 g/mol. The lowest BCUT2D eigenvalue weighted by Crippen LogP contribution is -2.51. The second kappa shape index (κ2) is 12.3. The van der Waals surface area contributed by atoms with Crippen LogP contribution >= 0.6 is 15.2 Å². The van der Waals surface area contributed by atoms with Gasteiger partial charge in [-0.15, -0.1) is 0 Å². The van der Waals surface area contributed by atoms with Crippen molar-refractivity contribution in [1.82, 2.24) is 4.90 Å². The van der Waals surface area contributed by atoms with Crippen molar-refractivity contribution in [3.8, 4) is 0 Å². The van der Waals surface area contributed by atoms with E-state index in [0.717, 1.165) is 4.90 Å². The van der Waals surface area contributed by atoms with Gasteiger partial charge in [0.2, 0.25) is 0 Å². The number of carboxylic acids is 1. The summed E-state index contributed by atoms with van der Waals surface area (Å²) in [5, 5.41) is 10.3. The van der Waals surface area contributed by atoms with Gasteiger partial charge in [-0.25, -0.2) is 0 Å². The van der Waals surface area contributed by atoms with Gasteiger partial charge in [-0.05, 0) is 24.8 Å². The second-order valence-corrected chi connectivity index (χ2v) is 13.7. The van der Waals surface area contributed by atoms with E-state index in [-0.39, 0.29) is 0 Å². The molecule has 0 spiro atoms. The first-order valence-corrected chi connectivity index (χ1v) is 14.7. The Balaban J connectivity index is 3.28. The molecule has 0 bridgehead atoms. The van der Waals surface area contributed by atoms with E-state index >= 15 is 0 Å². The molecule has 4 unspecified atom stereocenters. The van der Waals surface area contributed by atoms with Gasteiger partial charge in [-0.1, -0.05) is 51.1 Å². The van der Waals surface area contributed by atoms with Crippen LogP contribution in [0.4, 0.5) is 0 Å². The number of carbonyl (C=O) groups is 2. The molecular formula is C22H37N2O10P2-. The molecule has 12 nitrogen and oxygen atoms in total. The Morgan fingerprint density at radius 2 is 1.58 bits per heavy atom. The molecule has 1 aromatic carbocycles. The number of aliphatic carboxylic acids is 1. The van der Waals surface area contributed by atoms with Crippen LogP contribution < -0.4 is 10.6 Å². The Hall–Kier alpha value is -1.62. The zero-order valence-corrected chi connectivity index (χ0v) is 22.9. The Bertz CT molecular complexity index is 955. The third-order valence-electron chi connectivity index (χ3n) is 5.57. The molecule has 0 saturated heterocycles. The number of hydrogen-bond donors (Lipinski definition) is 5. The maximum atomic E-state index is 13.3. The van der Waals surface area contributed by atoms with Crippen LogP contribution in [0.5, 0.6) is 0 Å². The topological polar surface area (TPSA) is 211 Å². The molecule has 4 atom stereocenters. The molecule has 0 aromatic heterocycles. The number of ether oxygens (including phenoxy) is 1. The van der Waals surface area contributed by atoms with Crippen LogP contribution in [0.25, 0.3) is 0 Å². The van der Waals surface area contributed by atoms with Gasteiger partial charge in [0, 0.05) is 18.0 Å². The van der Waals surface area contributed by atoms with Crippen molar-refractivity contribution in [3.05, 3.63) is 35.9 Å². The maximum Gasteiger partial charge on any atom is 0.339 e. The fraction of sp³-hybridized carbons (Fsp3) is 0.636. The molecule has 206 valence electrons. The maximum absolute atomic E-state index is 13.3. The number of benzene rings is 1. The van der Waals surface area contributed by atoms with Crippen LogP contribution in [0.15, 0.2) is 30.3 Å². The molecule has 0 aliphatic rings. The van der Waals surface area contributed by atoms with E-state index in [2.05, 4.69) is 0 Å². The molecule has 0 amide bonds. The molecule has 1 aromatic rings. The molecule has 14 heteroatoms. The third-order valence-corrected chi connectivity index (χ3v) is 7.09. The van der Waals surface area contributed by atoms with E-state index < -0.39 is 81.6 Å². The van der Waals surface area contributed by atoms with E-state index in [1.54, 1.807) is 65.0 Å². The van der Waals surface area contributed by atoms with Crippen molar-refractivity contribution in [3.63, 3.8) is 0 Å². The zero-order chi connectivity index (χ0) is 28.1. The van der Waals surface area contributed by atoms with Gasteiger partial charge in [0.25, 0.3) is 0 Å². The van der Waals surface area contributed by atoms with Crippen molar-refractivity contribution in [2.45, 2.75) is 46.1 Å². The Kier molecular flexibility index (Phi) is 11.1. The highest BCUT2D eigenvalue weighted by Gasteiger charge is 2.50. The summed E-state index contributed by atoms with van der Waals surface area (Å²) in [4.78, 5) is 65.3. The molecule has 1 rings (SSSR count). The Morgan fingerprint density at radius 1 is 1.06 bits per heavy atom. The zero-order valence-electron chi connectivity index (χ0n) is 21.1. The summed E-state index contributed by atoms with van der Waals surface area (Å²) in [7, 11) is -9.60. The normalized spacial score (nSPS) is 17.2. The number of nitrogens with zero attached hydrogens (tertiary/aromatic N) is 1. The first kappa shape index (κ1) is 32.4. The van der Waals surface area contributed by atoms with Crippen LogP contribution in [-0.4, -0.2) is 67.9 Å². The summed E-state index contributed by atoms with van der Waals surface area (Å²) in [6, 6.07) is 8.71. The molecule has 6 N–H and O–H groups in total. The monoisotopic (exact) mass is 551 g/mol. The molecule has 0 saturated carbocycles. The molecule has 0 radical (unpaired) electrons. The third kappa shape index (κ3) is 10.8. The summed E-state index contributed by atoms with van der Waals surface area (Å²) in [6.07, 6.45) is -2.05. The number of carbonyl (C=O) groups excluding carboxylic acids is 1. The molecule has 0 aliphatic heterocycles. The lowest BCUT2D eigenvalue weighted by atomic mass is 9.63. The molecule has 36 heavy (non-hydrogen) atoms. The quantitative estimate of drug-likeness (QED) is 0.174. The van der Waals surface area contributed by atoms with Crippen LogP contribution in [0.2, 0.25) is 0 Å². The SMILES string of the molecule is CC(C)(C)C(C(=O)OCCN(CP(=O)([O-])O)CP(=O)(O)O)C(C(=O)O)C(c1ccccc1)C(C)(C)N. The number of esters is 1. The van der Waals surface area contributed by atoms with Crippen molar-refractivity contribution in [2.24, 2.45) is 23.0 Å². The highest BCUT2D eigenvalue weighted by atomic mass is 31.2. The van der Waals surface area contributed by atoms with E-state index in [9.17, 15) is 38.5 Å². The fourth-order valence-corrected chi connectivity index (χ4v) is 6.01. The molecule has 0 heterocycles. The highest BCUT2D eigenvalue weighted by molar-refractivity contribution is 7.52. The van der Waals surface area contributed by atoms with Crippen molar-refractivity contribution in [1.29, 1.82) is 0 Å². The lowest BCUT2D eigenvalue weighted by Gasteiger charge is -2.42. The summed E-state index contributed by atoms with van der Waals surface area (Å²) in [5.41, 5.74) is 5.09. The van der Waals surface area contributed by atoms with Gasteiger partial charge in [0.1, 0.15) is 20.5 Å². The van der Waals surface area contributed by atoms with Crippen LogP contribution in [0.3, 0.4) is 0 Å². The summed E-state index contributed by atoms with van der Waals surface area (Å²) >= 11 is 0. The molecule has 0 fully saturated rings. The number of rotatable bonds is 13. The minimum Gasteiger partial charge on any atom is -0.778 e. The summed E-state index contributed by atoms with van der Waals surface area (Å²) < 4.78 is 27.9. The minimum absolute atomic E-state index is 0.428. The van der Waals surface area contributed by atoms with Crippen molar-refractivity contribution in [2.75, 3.05) is 25.7 Å². The fourth-order valence-electron chi connectivity index (χ4n) is 4.34. The van der Waals surface area contributed by atoms with Crippen LogP contribution in [0.1, 0.15) is 46.1 Å². The smallest absolute Gasteiger partial charge is 0.339 e. The van der Waals surface area contributed by atoms with Crippen molar-refractivity contribution < 1.29 is 48.1 Å². The predicted octanol–water partition coefficient (Wildman–Crippen LogP) is 1.35. The largest absolute Gasteiger partial charge is 0.778 e. The number of nitrogens with two attached hydrogens (primary N) is 1. The summed E-state index contributed by atoms with van der Waals surface area (Å²) in [6.45, 7) is 7.45. The van der Waals surface area contributed by atoms with Gasteiger partial charge in [-0.2, -0.15) is 0 Å². The lowest BCUT2D eigenvalue weighted by molar-refractivity contribution is -0.195. The average molecular weight is 551 g/mol. The van der Waals surface area contributed by atoms with Crippen LogP contribution in [0, 0.1) is 17.3 Å². The van der Waals surface area contributed by atoms with Gasteiger partial charge in [-0.3, -0.25) is 19.1 Å². The Morgan fingerprint density at radius 3 is 1.97 bits per heavy atom. The second-order valence-electron chi connectivity index (χ2n) is 10.6. The first-order chi connectivity index (χ1) is 16.1. The predicted molar refractivity (Wildman–Crippen MR) is 131 cm³/mol. The standard InChI is InChI=1S/C22H38N2O10P2/c1-21(2,3)18(16(19(25)26)17(22(4,5)23)15-9-7-6-8-10-15)20(27)34-12-11-24(13-35(28,29)30)14-36(31,32)33/h6-10,16-18H,11-14,23H2,1-5H3,(H,25,26)(H2,28,29,30)(H2,31,32,33)/p-1. The van der Waals surface area contributed by atoms with Gasteiger partial charge in [0.15, 0.2) is 0 Å². The first-order valence-electron chi connectivity index (χ1n) is 11.2. The van der Waals surface area contributed by atoms with E-state index in [4.69, 9.17) is 15.4 Å². The van der Waals surface area contributed by atoms with E-state index in [1.165, 1.54) is 0 Å². The van der Waals surface area contributed by atoms with Crippen LogP contribution in [-0.2, 0) is 23.5 Å². The molecule has 0 aliphatic carbocycles. The van der Waals surface area contributed by atoms with Gasteiger partial charge >= 0.3 is 19.5 Å². The minimum atomic E-state index is -4.91. The number of hydrogen-bond acceptors (Lipinski definition) is 8. The van der Waals surface area contributed by atoms with Crippen molar-refractivity contribution >= 4 is 27.1 Å². The van der Waals surface area contributed by atoms with Gasteiger partial charge in [0.05, 0.1) is 18.1 Å². The highest BCUT2D eigenvalue weighted by Crippen LogP contribution is 2.45. The van der Waals surface area contributed by atoms with Gasteiger partial charge < -0.3 is 39.7 Å².